The van der Waals surface area contributed by atoms with Gasteiger partial charge < -0.3 is 9.80 Å². The van der Waals surface area contributed by atoms with Crippen LogP contribution in [0.3, 0.4) is 0 Å². The van der Waals surface area contributed by atoms with Crippen LogP contribution in [0.25, 0.3) is 44.1 Å². The first-order valence-corrected chi connectivity index (χ1v) is 13.2. The van der Waals surface area contributed by atoms with E-state index in [0.717, 1.165) is 48.0 Å². The number of fused-ring (bicyclic) bond motifs is 3. The molecule has 5 aromatic rings. The smallest absolute Gasteiger partial charge is 0.0970 e. The van der Waals surface area contributed by atoms with E-state index >= 15 is 0 Å². The van der Waals surface area contributed by atoms with E-state index in [9.17, 15) is 0 Å². The van der Waals surface area contributed by atoms with Crippen molar-refractivity contribution in [3.8, 4) is 22.3 Å². The molecule has 7 rings (SSSR count). The fraction of sp³-hybridized carbons (Fsp3) is 0.250. The van der Waals surface area contributed by atoms with E-state index in [0.29, 0.717) is 0 Å². The fourth-order valence-electron chi connectivity index (χ4n) is 6.02. The van der Waals surface area contributed by atoms with Crippen LogP contribution in [-0.2, 0) is 0 Å². The standard InChI is InChI=1S/C32H30N4/c1-2-18-35(17-1)25-9-5-7-23(21-25)27-13-15-33-31-29(27)11-12-30-28(14-16-34-32(30)31)24-8-6-10-26(22-24)36-19-3-4-20-36/h5-16,21-22H,1-4,17-20H2. The Hall–Kier alpha value is -3.92. The summed E-state index contributed by atoms with van der Waals surface area (Å²) in [6, 6.07) is 26.7. The number of hydrogen-bond acceptors (Lipinski definition) is 4. The van der Waals surface area contributed by atoms with Crippen molar-refractivity contribution in [1.29, 1.82) is 0 Å². The van der Waals surface area contributed by atoms with E-state index in [1.807, 2.05) is 12.4 Å². The molecule has 0 unspecified atom stereocenters. The average Bonchev–Trinajstić information content (AvgIpc) is 3.68. The van der Waals surface area contributed by atoms with Gasteiger partial charge in [-0.15, -0.1) is 0 Å². The molecular weight excluding hydrogens is 440 g/mol. The Kier molecular flexibility index (Phi) is 5.31. The maximum absolute atomic E-state index is 4.83. The van der Waals surface area contributed by atoms with Gasteiger partial charge in [-0.25, -0.2) is 0 Å². The Bertz CT molecular complexity index is 1440. The molecule has 3 aromatic carbocycles. The van der Waals surface area contributed by atoms with Crippen LogP contribution in [0.15, 0.2) is 85.2 Å². The highest BCUT2D eigenvalue weighted by molar-refractivity contribution is 6.11. The van der Waals surface area contributed by atoms with Gasteiger partial charge in [0.05, 0.1) is 11.0 Å². The fourth-order valence-corrected chi connectivity index (χ4v) is 6.02. The first-order chi connectivity index (χ1) is 17.8. The first-order valence-electron chi connectivity index (χ1n) is 13.2. The minimum absolute atomic E-state index is 0.967. The van der Waals surface area contributed by atoms with Crippen molar-refractivity contribution in [1.82, 2.24) is 9.97 Å². The molecule has 2 aliphatic heterocycles. The number of benzene rings is 3. The third-order valence-corrected chi connectivity index (χ3v) is 7.88. The first kappa shape index (κ1) is 21.4. The van der Waals surface area contributed by atoms with E-state index in [-0.39, 0.29) is 0 Å². The van der Waals surface area contributed by atoms with Crippen LogP contribution < -0.4 is 9.80 Å². The molecule has 178 valence electrons. The van der Waals surface area contributed by atoms with Crippen molar-refractivity contribution in [2.45, 2.75) is 25.7 Å². The zero-order chi connectivity index (χ0) is 23.9. The van der Waals surface area contributed by atoms with Crippen molar-refractivity contribution < 1.29 is 0 Å². The molecule has 2 saturated heterocycles. The van der Waals surface area contributed by atoms with Crippen molar-refractivity contribution >= 4 is 33.2 Å². The second-order valence-corrected chi connectivity index (χ2v) is 10.1. The topological polar surface area (TPSA) is 32.3 Å². The molecule has 0 saturated carbocycles. The molecule has 0 amide bonds. The largest absolute Gasteiger partial charge is 0.372 e. The van der Waals surface area contributed by atoms with Crippen molar-refractivity contribution in [3.63, 3.8) is 0 Å². The molecule has 0 spiro atoms. The lowest BCUT2D eigenvalue weighted by Gasteiger charge is -2.19. The van der Waals surface area contributed by atoms with Gasteiger partial charge in [0.1, 0.15) is 0 Å². The molecule has 4 heterocycles. The van der Waals surface area contributed by atoms with Gasteiger partial charge in [-0.05, 0) is 84.3 Å². The Balaban J connectivity index is 1.34. The Morgan fingerprint density at radius 1 is 0.500 bits per heavy atom. The van der Waals surface area contributed by atoms with E-state index < -0.39 is 0 Å². The molecule has 4 heteroatoms. The molecule has 2 fully saturated rings. The van der Waals surface area contributed by atoms with Crippen LogP contribution in [0, 0.1) is 0 Å². The summed E-state index contributed by atoms with van der Waals surface area (Å²) in [5, 5.41) is 2.30. The molecule has 0 atom stereocenters. The van der Waals surface area contributed by atoms with Gasteiger partial charge in [0.15, 0.2) is 0 Å². The Labute approximate surface area is 212 Å². The van der Waals surface area contributed by atoms with E-state index in [1.165, 1.54) is 59.3 Å². The number of nitrogens with zero attached hydrogens (tertiary/aromatic N) is 4. The summed E-state index contributed by atoms with van der Waals surface area (Å²) in [5.74, 6) is 0. The monoisotopic (exact) mass is 470 g/mol. The van der Waals surface area contributed by atoms with Crippen LogP contribution in [0.5, 0.6) is 0 Å². The van der Waals surface area contributed by atoms with Crippen LogP contribution in [-0.4, -0.2) is 36.1 Å². The molecular formula is C32H30N4. The molecule has 0 radical (unpaired) electrons. The predicted molar refractivity (Wildman–Crippen MR) is 151 cm³/mol. The quantitative estimate of drug-likeness (QED) is 0.258. The van der Waals surface area contributed by atoms with E-state index in [1.54, 1.807) is 0 Å². The van der Waals surface area contributed by atoms with Crippen LogP contribution in [0.2, 0.25) is 0 Å². The summed E-state index contributed by atoms with van der Waals surface area (Å²) < 4.78 is 0. The third-order valence-electron chi connectivity index (χ3n) is 7.88. The third kappa shape index (κ3) is 3.69. The van der Waals surface area contributed by atoms with E-state index in [4.69, 9.17) is 9.97 Å². The van der Waals surface area contributed by atoms with E-state index in [2.05, 4.69) is 82.6 Å². The van der Waals surface area contributed by atoms with Crippen molar-refractivity contribution in [2.24, 2.45) is 0 Å². The van der Waals surface area contributed by atoms with Crippen LogP contribution in [0.1, 0.15) is 25.7 Å². The molecule has 4 nitrogen and oxygen atoms in total. The summed E-state index contributed by atoms with van der Waals surface area (Å²) in [7, 11) is 0. The lowest BCUT2D eigenvalue weighted by Crippen LogP contribution is -2.17. The molecule has 0 aliphatic carbocycles. The van der Waals surface area contributed by atoms with Gasteiger partial charge >= 0.3 is 0 Å². The van der Waals surface area contributed by atoms with Crippen LogP contribution >= 0.6 is 0 Å². The second kappa shape index (κ2) is 8.94. The zero-order valence-corrected chi connectivity index (χ0v) is 20.5. The minimum atomic E-state index is 0.967. The highest BCUT2D eigenvalue weighted by Crippen LogP contribution is 2.37. The molecule has 2 aromatic heterocycles. The number of anilines is 2. The number of rotatable bonds is 4. The van der Waals surface area contributed by atoms with Crippen molar-refractivity contribution in [3.05, 3.63) is 85.2 Å². The lowest BCUT2D eigenvalue weighted by molar-refractivity contribution is 0.949. The van der Waals surface area contributed by atoms with Gasteiger partial charge in [-0.3, -0.25) is 9.97 Å². The summed E-state index contributed by atoms with van der Waals surface area (Å²) in [6.07, 6.45) is 8.99. The highest BCUT2D eigenvalue weighted by Gasteiger charge is 2.16. The number of aromatic nitrogens is 2. The Morgan fingerprint density at radius 3 is 1.39 bits per heavy atom. The van der Waals surface area contributed by atoms with Gasteiger partial charge in [0.25, 0.3) is 0 Å². The highest BCUT2D eigenvalue weighted by atomic mass is 15.1. The number of hydrogen-bond donors (Lipinski definition) is 0. The maximum atomic E-state index is 4.83. The SMILES string of the molecule is c1cc(-c2ccnc3c2ccc2c(-c4cccc(N5CCCC5)c4)ccnc23)cc(N2CCCC2)c1. The van der Waals surface area contributed by atoms with Gasteiger partial charge in [0.2, 0.25) is 0 Å². The normalized spacial score (nSPS) is 15.9. The van der Waals surface area contributed by atoms with Crippen molar-refractivity contribution in [2.75, 3.05) is 36.0 Å². The zero-order valence-electron chi connectivity index (χ0n) is 20.5. The minimum Gasteiger partial charge on any atom is -0.372 e. The number of pyridine rings is 2. The maximum Gasteiger partial charge on any atom is 0.0970 e. The summed E-state index contributed by atoms with van der Waals surface area (Å²) in [5.41, 5.74) is 9.46. The molecule has 36 heavy (non-hydrogen) atoms. The summed E-state index contributed by atoms with van der Waals surface area (Å²) in [4.78, 5) is 14.6. The summed E-state index contributed by atoms with van der Waals surface area (Å²) >= 11 is 0. The molecule has 2 aliphatic rings. The predicted octanol–water partition coefficient (Wildman–Crippen LogP) is 7.32. The summed E-state index contributed by atoms with van der Waals surface area (Å²) in [6.45, 7) is 4.60. The van der Waals surface area contributed by atoms with Gasteiger partial charge in [-0.2, -0.15) is 0 Å². The molecule has 0 N–H and O–H groups in total. The molecule has 0 bridgehead atoms. The Morgan fingerprint density at radius 2 is 0.944 bits per heavy atom. The van der Waals surface area contributed by atoms with Gasteiger partial charge in [0, 0.05) is 60.7 Å². The lowest BCUT2D eigenvalue weighted by atomic mass is 9.96. The second-order valence-electron chi connectivity index (χ2n) is 10.1. The van der Waals surface area contributed by atoms with Gasteiger partial charge in [-0.1, -0.05) is 36.4 Å². The van der Waals surface area contributed by atoms with Crippen LogP contribution in [0.4, 0.5) is 11.4 Å². The average molecular weight is 471 g/mol.